The zero-order valence-corrected chi connectivity index (χ0v) is 8.13. The molecule has 1 atom stereocenters. The van der Waals surface area contributed by atoms with Gasteiger partial charge in [0.15, 0.2) is 4.95 Å². The summed E-state index contributed by atoms with van der Waals surface area (Å²) in [6, 6.07) is 11.7. The van der Waals surface area contributed by atoms with E-state index in [-0.39, 0.29) is 6.54 Å². The van der Waals surface area contributed by atoms with Crippen LogP contribution in [0.25, 0.3) is 4.95 Å². The van der Waals surface area contributed by atoms with Gasteiger partial charge in [-0.1, -0.05) is 35.2 Å². The highest BCUT2D eigenvalue weighted by Crippen LogP contribution is 2.09. The summed E-state index contributed by atoms with van der Waals surface area (Å²) in [6.07, 6.45) is -0.572. The van der Waals surface area contributed by atoms with Gasteiger partial charge in [-0.05, 0) is 5.56 Å². The first-order chi connectivity index (χ1) is 7.34. The summed E-state index contributed by atoms with van der Waals surface area (Å²) in [5, 5.41) is 14.8. The van der Waals surface area contributed by atoms with Crippen LogP contribution in [0.1, 0.15) is 11.7 Å². The molecular formula is C10H12N3O2+. The van der Waals surface area contributed by atoms with Crippen LogP contribution in [0.2, 0.25) is 0 Å². The first-order valence-electron chi connectivity index (χ1n) is 4.53. The van der Waals surface area contributed by atoms with Gasteiger partial charge in [0.2, 0.25) is 0 Å². The van der Waals surface area contributed by atoms with E-state index in [0.717, 1.165) is 5.56 Å². The van der Waals surface area contributed by atoms with Gasteiger partial charge in [-0.3, -0.25) is 5.32 Å². The number of nitrogens with one attached hydrogen (secondary N) is 1. The molecule has 1 aromatic carbocycles. The fourth-order valence-electron chi connectivity index (χ4n) is 1.12. The van der Waals surface area contributed by atoms with Crippen LogP contribution < -0.4 is 5.32 Å². The zero-order chi connectivity index (χ0) is 10.9. The Morgan fingerprint density at radius 1 is 1.47 bits per heavy atom. The van der Waals surface area contributed by atoms with Crippen LogP contribution >= 0.6 is 0 Å². The number of nitrogens with zero attached hydrogens (tertiary/aromatic N) is 2. The smallest absolute Gasteiger partial charge is 0.380 e. The van der Waals surface area contributed by atoms with Gasteiger partial charge in [0.05, 0.1) is 6.10 Å². The first kappa shape index (κ1) is 11.3. The number of rotatable bonds is 4. The molecule has 5 nitrogen and oxygen atoms in total. The quantitative estimate of drug-likeness (QED) is 0.338. The molecule has 1 rings (SSSR count). The molecule has 0 aromatic heterocycles. The first-order valence-corrected chi connectivity index (χ1v) is 4.53. The molecule has 0 radical (unpaired) electrons. The lowest BCUT2D eigenvalue weighted by Gasteiger charge is -2.09. The maximum atomic E-state index is 9.67. The molecule has 0 saturated heterocycles. The normalized spacial score (nSPS) is 11.3. The highest BCUT2D eigenvalue weighted by molar-refractivity contribution is 5.17. The lowest BCUT2D eigenvalue weighted by Crippen LogP contribution is -2.21. The van der Waals surface area contributed by atoms with E-state index in [1.54, 1.807) is 0 Å². The Hall–Kier alpha value is -1.77. The number of nitroso groups, excluding NO2 is 1. The Morgan fingerprint density at radius 3 is 2.87 bits per heavy atom. The lowest BCUT2D eigenvalue weighted by molar-refractivity contribution is 0.176. The summed E-state index contributed by atoms with van der Waals surface area (Å²) in [5.41, 5.74) is 0.843. The summed E-state index contributed by atoms with van der Waals surface area (Å²) in [6.45, 7) is 0.668. The molecular weight excluding hydrogens is 194 g/mol. The third-order valence-corrected chi connectivity index (χ3v) is 1.84. The largest absolute Gasteiger partial charge is 0.387 e. The molecule has 0 saturated carbocycles. The van der Waals surface area contributed by atoms with Crippen molar-refractivity contribution in [2.24, 2.45) is 5.29 Å². The van der Waals surface area contributed by atoms with E-state index in [2.05, 4.69) is 21.6 Å². The second-order valence-electron chi connectivity index (χ2n) is 2.90. The van der Waals surface area contributed by atoms with E-state index in [1.807, 2.05) is 30.3 Å². The third kappa shape index (κ3) is 4.31. The Bertz CT molecular complexity index is 356. The van der Waals surface area contributed by atoms with Crippen LogP contribution in [0, 0.1) is 11.0 Å². The molecule has 0 aliphatic heterocycles. The van der Waals surface area contributed by atoms with E-state index >= 15 is 0 Å². The monoisotopic (exact) mass is 206 g/mol. The van der Waals surface area contributed by atoms with Gasteiger partial charge in [-0.15, -0.1) is 0 Å². The Balaban J connectivity index is 2.31. The topological polar surface area (TPSA) is 66.0 Å². The lowest BCUT2D eigenvalue weighted by atomic mass is 10.1. The van der Waals surface area contributed by atoms with Crippen molar-refractivity contribution in [3.63, 3.8) is 0 Å². The van der Waals surface area contributed by atoms with Crippen molar-refractivity contribution in [2.75, 3.05) is 13.1 Å². The van der Waals surface area contributed by atoms with E-state index in [1.165, 1.54) is 0 Å². The van der Waals surface area contributed by atoms with E-state index in [9.17, 15) is 10.0 Å². The number of benzene rings is 1. The van der Waals surface area contributed by atoms with Crippen LogP contribution in [-0.4, -0.2) is 18.2 Å². The van der Waals surface area contributed by atoms with Crippen molar-refractivity contribution >= 4 is 0 Å². The second kappa shape index (κ2) is 6.65. The molecule has 0 fully saturated rings. The van der Waals surface area contributed by atoms with Crippen molar-refractivity contribution in [2.45, 2.75) is 6.10 Å². The fraction of sp³-hybridized carbons (Fsp3) is 0.300. The van der Waals surface area contributed by atoms with Crippen molar-refractivity contribution in [1.82, 2.24) is 5.32 Å². The predicted octanol–water partition coefficient (Wildman–Crippen LogP) is 1.32. The number of hydrogen-bond donors (Lipinski definition) is 2. The Kier molecular flexibility index (Phi) is 5.01. The maximum absolute atomic E-state index is 9.67. The minimum absolute atomic E-state index is 0.287. The average molecular weight is 206 g/mol. The fourth-order valence-corrected chi connectivity index (χ4v) is 1.12. The van der Waals surface area contributed by atoms with Gasteiger partial charge >= 0.3 is 11.4 Å². The van der Waals surface area contributed by atoms with Crippen LogP contribution in [0.5, 0.6) is 0 Å². The van der Waals surface area contributed by atoms with Crippen molar-refractivity contribution < 1.29 is 5.11 Å². The predicted molar refractivity (Wildman–Crippen MR) is 57.3 cm³/mol. The molecule has 15 heavy (non-hydrogen) atoms. The number of hydrogen-bond acceptors (Lipinski definition) is 4. The van der Waals surface area contributed by atoms with Gasteiger partial charge in [0.1, 0.15) is 6.54 Å². The van der Waals surface area contributed by atoms with Gasteiger partial charge in [0, 0.05) is 6.54 Å². The SMILES string of the molecule is O=N[N+]#CCNCC(O)c1ccccc1. The van der Waals surface area contributed by atoms with Crippen LogP contribution in [0.15, 0.2) is 35.6 Å². The van der Waals surface area contributed by atoms with Crippen LogP contribution in [0.4, 0.5) is 0 Å². The minimum atomic E-state index is -0.572. The van der Waals surface area contributed by atoms with Crippen molar-refractivity contribution in [3.05, 3.63) is 45.8 Å². The zero-order valence-electron chi connectivity index (χ0n) is 8.13. The molecule has 78 valence electrons. The molecule has 0 bridgehead atoms. The molecule has 0 aliphatic carbocycles. The molecule has 1 unspecified atom stereocenters. The van der Waals surface area contributed by atoms with Crippen LogP contribution in [-0.2, 0) is 0 Å². The Labute approximate surface area is 87.5 Å². The molecule has 0 heterocycles. The number of aliphatic hydroxyl groups is 1. The maximum Gasteiger partial charge on any atom is 0.380 e. The highest BCUT2D eigenvalue weighted by atomic mass is 16.3. The molecule has 1 aromatic rings. The van der Waals surface area contributed by atoms with Gasteiger partial charge in [0.25, 0.3) is 0 Å². The van der Waals surface area contributed by atoms with E-state index < -0.39 is 6.10 Å². The molecule has 0 amide bonds. The van der Waals surface area contributed by atoms with Crippen molar-refractivity contribution in [3.8, 4) is 6.07 Å². The minimum Gasteiger partial charge on any atom is -0.387 e. The number of aliphatic hydroxyl groups excluding tert-OH is 1. The third-order valence-electron chi connectivity index (χ3n) is 1.84. The average Bonchev–Trinajstić information content (AvgIpc) is 2.30. The summed E-state index contributed by atoms with van der Waals surface area (Å²) < 4.78 is 0. The summed E-state index contributed by atoms with van der Waals surface area (Å²) >= 11 is 0. The summed E-state index contributed by atoms with van der Waals surface area (Å²) in [7, 11) is 0. The second-order valence-corrected chi connectivity index (χ2v) is 2.90. The Morgan fingerprint density at radius 2 is 2.20 bits per heavy atom. The van der Waals surface area contributed by atoms with E-state index in [0.29, 0.717) is 6.54 Å². The summed E-state index contributed by atoms with van der Waals surface area (Å²) in [4.78, 5) is 12.6. The molecule has 0 aliphatic rings. The van der Waals surface area contributed by atoms with Gasteiger partial charge in [-0.25, -0.2) is 0 Å². The van der Waals surface area contributed by atoms with Crippen molar-refractivity contribution in [1.29, 1.82) is 0 Å². The molecule has 5 heteroatoms. The van der Waals surface area contributed by atoms with Gasteiger partial charge < -0.3 is 5.11 Å². The van der Waals surface area contributed by atoms with Gasteiger partial charge in [-0.2, -0.15) is 0 Å². The molecule has 2 N–H and O–H groups in total. The summed E-state index contributed by atoms with van der Waals surface area (Å²) in [5.74, 6) is 0. The highest BCUT2D eigenvalue weighted by Gasteiger charge is 2.05. The standard InChI is InChI=1S/C10H12N3O2/c14-10(8-11-6-7-12-13-15)9-4-2-1-3-5-9/h1-5,10-11,14H,6,8H2/q+1. The van der Waals surface area contributed by atoms with E-state index in [4.69, 9.17) is 0 Å². The molecule has 0 spiro atoms. The van der Waals surface area contributed by atoms with Crippen LogP contribution in [0.3, 0.4) is 0 Å².